The van der Waals surface area contributed by atoms with Crippen molar-refractivity contribution < 1.29 is 0 Å². The normalized spacial score (nSPS) is 32.8. The second-order valence-electron chi connectivity index (χ2n) is 6.33. The second-order valence-corrected chi connectivity index (χ2v) is 6.33. The Labute approximate surface area is 107 Å². The van der Waals surface area contributed by atoms with Gasteiger partial charge in [-0.3, -0.25) is 0 Å². The molecule has 2 aliphatic carbocycles. The molecule has 100 valence electrons. The predicted molar refractivity (Wildman–Crippen MR) is 74.0 cm³/mol. The smallest absolute Gasteiger partial charge is 0.0108 e. The molecule has 0 aliphatic heterocycles. The minimum Gasteiger partial charge on any atom is -0.330 e. The van der Waals surface area contributed by atoms with Crippen molar-refractivity contribution in [2.75, 3.05) is 13.1 Å². The molecule has 0 bridgehead atoms. The Balaban J connectivity index is 1.83. The van der Waals surface area contributed by atoms with E-state index in [1.807, 2.05) is 0 Å². The number of nitrogens with two attached hydrogens (primary N) is 1. The molecule has 0 saturated heterocycles. The molecular weight excluding hydrogens is 208 g/mol. The molecule has 0 aromatic carbocycles. The summed E-state index contributed by atoms with van der Waals surface area (Å²) in [6.07, 6.45) is 12.6. The van der Waals surface area contributed by atoms with Gasteiger partial charge < -0.3 is 11.1 Å². The van der Waals surface area contributed by atoms with Crippen LogP contribution in [0, 0.1) is 11.3 Å². The van der Waals surface area contributed by atoms with Gasteiger partial charge in [0.2, 0.25) is 0 Å². The summed E-state index contributed by atoms with van der Waals surface area (Å²) in [6.45, 7) is 4.48. The van der Waals surface area contributed by atoms with Gasteiger partial charge in [-0.25, -0.2) is 0 Å². The van der Waals surface area contributed by atoms with Crippen LogP contribution >= 0.6 is 0 Å². The van der Waals surface area contributed by atoms with E-state index < -0.39 is 0 Å². The lowest BCUT2D eigenvalue weighted by Crippen LogP contribution is -2.45. The van der Waals surface area contributed by atoms with Crippen LogP contribution in [0.3, 0.4) is 0 Å². The third-order valence-corrected chi connectivity index (χ3v) is 5.37. The van der Waals surface area contributed by atoms with Crippen LogP contribution in [0.4, 0.5) is 0 Å². The zero-order valence-corrected chi connectivity index (χ0v) is 11.5. The van der Waals surface area contributed by atoms with Gasteiger partial charge in [0, 0.05) is 12.6 Å². The van der Waals surface area contributed by atoms with Gasteiger partial charge in [0.25, 0.3) is 0 Å². The molecular formula is C15H30N2. The number of hydrogen-bond acceptors (Lipinski definition) is 2. The quantitative estimate of drug-likeness (QED) is 0.772. The Hall–Kier alpha value is -0.0800. The molecule has 2 nitrogen and oxygen atoms in total. The van der Waals surface area contributed by atoms with Crippen LogP contribution in [0.5, 0.6) is 0 Å². The summed E-state index contributed by atoms with van der Waals surface area (Å²) in [7, 11) is 0. The lowest BCUT2D eigenvalue weighted by atomic mass is 9.80. The highest BCUT2D eigenvalue weighted by Crippen LogP contribution is 2.40. The molecule has 17 heavy (non-hydrogen) atoms. The molecule has 2 aliphatic rings. The van der Waals surface area contributed by atoms with Gasteiger partial charge in [-0.15, -0.1) is 0 Å². The van der Waals surface area contributed by atoms with Gasteiger partial charge in [0.05, 0.1) is 0 Å². The summed E-state index contributed by atoms with van der Waals surface area (Å²) in [6, 6.07) is 0.706. The van der Waals surface area contributed by atoms with E-state index in [0.29, 0.717) is 11.5 Å². The first-order chi connectivity index (χ1) is 8.29. The molecule has 2 unspecified atom stereocenters. The Morgan fingerprint density at radius 1 is 1.12 bits per heavy atom. The standard InChI is InChI=1S/C15H30N2/c1-2-15(9-5-6-10-15)12-17-14-8-4-3-7-13(14)11-16/h13-14,17H,2-12,16H2,1H3. The van der Waals surface area contributed by atoms with Crippen LogP contribution in [0.25, 0.3) is 0 Å². The van der Waals surface area contributed by atoms with Gasteiger partial charge in [-0.05, 0) is 50.0 Å². The molecule has 3 N–H and O–H groups in total. The lowest BCUT2D eigenvalue weighted by Gasteiger charge is -2.36. The highest BCUT2D eigenvalue weighted by atomic mass is 14.9. The summed E-state index contributed by atoms with van der Waals surface area (Å²) in [5, 5.41) is 3.88. The Kier molecular flexibility index (Phi) is 4.87. The van der Waals surface area contributed by atoms with Crippen LogP contribution in [0.15, 0.2) is 0 Å². The first kappa shape index (κ1) is 13.4. The first-order valence-corrected chi connectivity index (χ1v) is 7.73. The summed E-state index contributed by atoms with van der Waals surface area (Å²) in [5.74, 6) is 0.735. The van der Waals surface area contributed by atoms with Crippen molar-refractivity contribution >= 4 is 0 Å². The average Bonchev–Trinajstić information content (AvgIpc) is 2.86. The molecule has 2 atom stereocenters. The Morgan fingerprint density at radius 2 is 1.82 bits per heavy atom. The molecule has 0 amide bonds. The van der Waals surface area contributed by atoms with Crippen LogP contribution in [-0.4, -0.2) is 19.1 Å². The van der Waals surface area contributed by atoms with Crippen LogP contribution in [0.2, 0.25) is 0 Å². The van der Waals surface area contributed by atoms with Crippen LogP contribution in [-0.2, 0) is 0 Å². The van der Waals surface area contributed by atoms with Crippen LogP contribution in [0.1, 0.15) is 64.7 Å². The summed E-state index contributed by atoms with van der Waals surface area (Å²) < 4.78 is 0. The Bertz CT molecular complexity index is 221. The number of hydrogen-bond donors (Lipinski definition) is 2. The molecule has 2 saturated carbocycles. The van der Waals surface area contributed by atoms with Gasteiger partial charge in [-0.2, -0.15) is 0 Å². The van der Waals surface area contributed by atoms with E-state index >= 15 is 0 Å². The fraction of sp³-hybridized carbons (Fsp3) is 1.00. The summed E-state index contributed by atoms with van der Waals surface area (Å²) in [4.78, 5) is 0. The zero-order chi connectivity index (χ0) is 12.1. The van der Waals surface area contributed by atoms with E-state index in [-0.39, 0.29) is 0 Å². The maximum absolute atomic E-state index is 5.90. The maximum atomic E-state index is 5.90. The van der Waals surface area contributed by atoms with E-state index in [1.54, 1.807) is 0 Å². The molecule has 0 aromatic rings. The molecule has 2 fully saturated rings. The zero-order valence-electron chi connectivity index (χ0n) is 11.5. The van der Waals surface area contributed by atoms with E-state index in [9.17, 15) is 0 Å². The highest BCUT2D eigenvalue weighted by molar-refractivity contribution is 4.89. The number of nitrogens with one attached hydrogen (secondary N) is 1. The monoisotopic (exact) mass is 238 g/mol. The molecule has 0 spiro atoms. The molecule has 0 aromatic heterocycles. The first-order valence-electron chi connectivity index (χ1n) is 7.73. The predicted octanol–water partition coefficient (Wildman–Crippen LogP) is 3.06. The van der Waals surface area contributed by atoms with E-state index in [2.05, 4.69) is 12.2 Å². The van der Waals surface area contributed by atoms with Crippen molar-refractivity contribution in [2.24, 2.45) is 17.1 Å². The van der Waals surface area contributed by atoms with Crippen molar-refractivity contribution in [2.45, 2.75) is 70.8 Å². The van der Waals surface area contributed by atoms with Gasteiger partial charge in [0.1, 0.15) is 0 Å². The van der Waals surface area contributed by atoms with E-state index in [4.69, 9.17) is 5.73 Å². The van der Waals surface area contributed by atoms with E-state index in [0.717, 1.165) is 12.5 Å². The van der Waals surface area contributed by atoms with Crippen molar-refractivity contribution in [3.8, 4) is 0 Å². The largest absolute Gasteiger partial charge is 0.330 e. The average molecular weight is 238 g/mol. The maximum Gasteiger partial charge on any atom is 0.0108 e. The topological polar surface area (TPSA) is 38.0 Å². The molecule has 2 heteroatoms. The minimum absolute atomic E-state index is 0.622. The van der Waals surface area contributed by atoms with Crippen molar-refractivity contribution in [3.63, 3.8) is 0 Å². The molecule has 0 radical (unpaired) electrons. The highest BCUT2D eigenvalue weighted by Gasteiger charge is 2.33. The van der Waals surface area contributed by atoms with E-state index in [1.165, 1.54) is 64.3 Å². The summed E-state index contributed by atoms with van der Waals surface area (Å²) >= 11 is 0. The third-order valence-electron chi connectivity index (χ3n) is 5.37. The summed E-state index contributed by atoms with van der Waals surface area (Å²) in [5.41, 5.74) is 6.52. The minimum atomic E-state index is 0.622. The Morgan fingerprint density at radius 3 is 2.47 bits per heavy atom. The van der Waals surface area contributed by atoms with Gasteiger partial charge >= 0.3 is 0 Å². The molecule has 2 rings (SSSR count). The fourth-order valence-corrected chi connectivity index (χ4v) is 3.89. The van der Waals surface area contributed by atoms with Gasteiger partial charge in [-0.1, -0.05) is 32.6 Å². The fourth-order valence-electron chi connectivity index (χ4n) is 3.89. The SMILES string of the molecule is CCC1(CNC2CCCCC2CN)CCCC1. The molecule has 0 heterocycles. The number of rotatable bonds is 5. The lowest BCUT2D eigenvalue weighted by molar-refractivity contribution is 0.207. The van der Waals surface area contributed by atoms with Gasteiger partial charge in [0.15, 0.2) is 0 Å². The third kappa shape index (κ3) is 3.23. The van der Waals surface area contributed by atoms with Crippen molar-refractivity contribution in [1.29, 1.82) is 0 Å². The van der Waals surface area contributed by atoms with Crippen molar-refractivity contribution in [3.05, 3.63) is 0 Å². The second kappa shape index (κ2) is 6.19. The van der Waals surface area contributed by atoms with Crippen molar-refractivity contribution in [1.82, 2.24) is 5.32 Å². The van der Waals surface area contributed by atoms with Crippen LogP contribution < -0.4 is 11.1 Å².